The lowest BCUT2D eigenvalue weighted by Gasteiger charge is -2.18. The zero-order chi connectivity index (χ0) is 10.2. The molecule has 1 unspecified atom stereocenters. The monoisotopic (exact) mass is 192 g/mol. The molecule has 0 aromatic rings. The van der Waals surface area contributed by atoms with Crippen LogP contribution < -0.4 is 5.32 Å². The molecule has 12 heavy (non-hydrogen) atoms. The van der Waals surface area contributed by atoms with Crippen molar-refractivity contribution in [3.8, 4) is 0 Å². The highest BCUT2D eigenvalue weighted by molar-refractivity contribution is 7.16. The van der Waals surface area contributed by atoms with Crippen molar-refractivity contribution in [2.24, 2.45) is 0 Å². The lowest BCUT2D eigenvalue weighted by atomic mass is 10.1. The van der Waals surface area contributed by atoms with E-state index in [0.29, 0.717) is 0 Å². The van der Waals surface area contributed by atoms with Gasteiger partial charge in [0.25, 0.3) is 0 Å². The van der Waals surface area contributed by atoms with E-state index in [1.807, 2.05) is 20.8 Å². The highest BCUT2D eigenvalue weighted by Crippen LogP contribution is 1.97. The van der Waals surface area contributed by atoms with Crippen LogP contribution in [-0.2, 0) is 9.36 Å². The van der Waals surface area contributed by atoms with Gasteiger partial charge in [0.1, 0.15) is 0 Å². The van der Waals surface area contributed by atoms with Crippen molar-refractivity contribution in [1.82, 2.24) is 5.32 Å². The van der Waals surface area contributed by atoms with Gasteiger partial charge in [0.05, 0.1) is 0 Å². The third-order valence-corrected chi connectivity index (χ3v) is 0.684. The standard InChI is InChI=1S/C7H13NO.HO2P/c1-5-6(9)8-7(2,3)4;1-3-2/h5H,1H2,2-4H3,(H,8,9);3H/p+1. The predicted octanol–water partition coefficient (Wildman–Crippen LogP) is 1.00. The van der Waals surface area contributed by atoms with E-state index in [1.54, 1.807) is 0 Å². The molecule has 0 aliphatic heterocycles. The highest BCUT2D eigenvalue weighted by atomic mass is 31.1. The van der Waals surface area contributed by atoms with Gasteiger partial charge in [-0.25, -0.2) is 0 Å². The first kappa shape index (κ1) is 13.8. The molecule has 0 heterocycles. The largest absolute Gasteiger partial charge is 0.491 e. The number of hydrogen-bond donors (Lipinski definition) is 2. The summed E-state index contributed by atoms with van der Waals surface area (Å²) >= 11 is 0. The summed E-state index contributed by atoms with van der Waals surface area (Å²) in [5, 5.41) is 2.71. The van der Waals surface area contributed by atoms with Crippen LogP contribution in [0.15, 0.2) is 12.7 Å². The predicted molar refractivity (Wildman–Crippen MR) is 49.3 cm³/mol. The van der Waals surface area contributed by atoms with Crippen molar-refractivity contribution in [2.45, 2.75) is 26.3 Å². The van der Waals surface area contributed by atoms with Crippen molar-refractivity contribution in [3.05, 3.63) is 12.7 Å². The summed E-state index contributed by atoms with van der Waals surface area (Å²) in [5.41, 5.74) is -0.148. The van der Waals surface area contributed by atoms with Crippen LogP contribution in [0.4, 0.5) is 0 Å². The first-order valence-corrected chi connectivity index (χ1v) is 4.18. The summed E-state index contributed by atoms with van der Waals surface area (Å²) in [6.45, 7) is 9.11. The van der Waals surface area contributed by atoms with Crippen molar-refractivity contribution in [3.63, 3.8) is 0 Å². The fraction of sp³-hybridized carbons (Fsp3) is 0.571. The maximum atomic E-state index is 10.6. The fourth-order valence-corrected chi connectivity index (χ4v) is 0.421. The zero-order valence-electron chi connectivity index (χ0n) is 7.55. The lowest BCUT2D eigenvalue weighted by Crippen LogP contribution is -2.39. The van der Waals surface area contributed by atoms with Gasteiger partial charge in [0.2, 0.25) is 5.91 Å². The first-order chi connectivity index (χ1) is 5.37. The van der Waals surface area contributed by atoms with Gasteiger partial charge in [-0.15, -0.1) is 0 Å². The normalized spacial score (nSPS) is 9.67. The Kier molecular flexibility index (Phi) is 8.01. The number of carbonyl (C=O) groups excluding carboxylic acids is 1. The second-order valence-corrected chi connectivity index (χ2v) is 3.22. The minimum absolute atomic E-state index is 0.123. The van der Waals surface area contributed by atoms with Crippen LogP contribution in [0.25, 0.3) is 0 Å². The molecule has 0 radical (unpaired) electrons. The van der Waals surface area contributed by atoms with Crippen LogP contribution in [0.1, 0.15) is 20.8 Å². The molecule has 0 rings (SSSR count). The van der Waals surface area contributed by atoms with Gasteiger partial charge >= 0.3 is 8.69 Å². The van der Waals surface area contributed by atoms with Crippen LogP contribution in [0.2, 0.25) is 0 Å². The number of carbonyl (C=O) groups is 1. The maximum absolute atomic E-state index is 10.6. The van der Waals surface area contributed by atoms with E-state index >= 15 is 0 Å². The molecule has 4 nitrogen and oxygen atoms in total. The Hall–Kier alpha value is -0.730. The van der Waals surface area contributed by atoms with Crippen LogP contribution in [-0.4, -0.2) is 16.3 Å². The average molecular weight is 192 g/mol. The van der Waals surface area contributed by atoms with Crippen LogP contribution in [0.3, 0.4) is 0 Å². The van der Waals surface area contributed by atoms with Crippen molar-refractivity contribution >= 4 is 14.6 Å². The number of nitrogens with one attached hydrogen (secondary N) is 1. The van der Waals surface area contributed by atoms with E-state index in [1.165, 1.54) is 6.08 Å². The lowest BCUT2D eigenvalue weighted by molar-refractivity contribution is -0.117. The Morgan fingerprint density at radius 1 is 1.58 bits per heavy atom. The molecule has 1 atom stereocenters. The van der Waals surface area contributed by atoms with E-state index in [2.05, 4.69) is 11.9 Å². The molecule has 0 aliphatic rings. The molecule has 1 amide bonds. The number of amides is 1. The third kappa shape index (κ3) is 16.1. The Morgan fingerprint density at radius 2 is 1.92 bits per heavy atom. The molecule has 70 valence electrons. The molecule has 0 spiro atoms. The van der Waals surface area contributed by atoms with Gasteiger partial charge in [-0.1, -0.05) is 6.58 Å². The third-order valence-electron chi connectivity index (χ3n) is 0.684. The van der Waals surface area contributed by atoms with Gasteiger partial charge in [-0.05, 0) is 31.4 Å². The molecular formula is C7H15NO3P+. The van der Waals surface area contributed by atoms with Gasteiger partial charge < -0.3 is 5.32 Å². The quantitative estimate of drug-likeness (QED) is 0.481. The fourth-order valence-electron chi connectivity index (χ4n) is 0.421. The van der Waals surface area contributed by atoms with Gasteiger partial charge in [-0.2, -0.15) is 4.89 Å². The van der Waals surface area contributed by atoms with Crippen molar-refractivity contribution in [1.29, 1.82) is 0 Å². The molecule has 0 saturated heterocycles. The Bertz CT molecular complexity index is 163. The van der Waals surface area contributed by atoms with E-state index in [-0.39, 0.29) is 11.4 Å². The minimum Gasteiger partial charge on any atom is -0.348 e. The molecule has 0 fully saturated rings. The Morgan fingerprint density at radius 3 is 2.00 bits per heavy atom. The molecular weight excluding hydrogens is 177 g/mol. The topological polar surface area (TPSA) is 66.4 Å². The van der Waals surface area contributed by atoms with E-state index in [4.69, 9.17) is 9.46 Å². The SMILES string of the molecule is C=CC(=O)NC(C)(C)C.O=[PH+]O. The molecule has 2 N–H and O–H groups in total. The first-order valence-electron chi connectivity index (χ1n) is 3.33. The van der Waals surface area contributed by atoms with E-state index in [0.717, 1.165) is 0 Å². The second-order valence-electron chi connectivity index (χ2n) is 3.03. The number of rotatable bonds is 1. The second kappa shape index (κ2) is 6.95. The molecule has 0 saturated carbocycles. The zero-order valence-corrected chi connectivity index (χ0v) is 8.55. The summed E-state index contributed by atoms with van der Waals surface area (Å²) in [6.07, 6.45) is 1.27. The van der Waals surface area contributed by atoms with Crippen LogP contribution >= 0.6 is 8.69 Å². The Balaban J connectivity index is 0. The highest BCUT2D eigenvalue weighted by Gasteiger charge is 2.10. The van der Waals surface area contributed by atoms with Crippen LogP contribution in [0, 0.1) is 0 Å². The van der Waals surface area contributed by atoms with Gasteiger partial charge in [0.15, 0.2) is 0 Å². The molecule has 0 aliphatic carbocycles. The summed E-state index contributed by atoms with van der Waals surface area (Å²) in [7, 11) is -1.17. The minimum atomic E-state index is -1.17. The van der Waals surface area contributed by atoms with E-state index in [9.17, 15) is 4.79 Å². The maximum Gasteiger partial charge on any atom is 0.491 e. The molecule has 5 heteroatoms. The van der Waals surface area contributed by atoms with Crippen molar-refractivity contribution < 1.29 is 14.3 Å². The number of hydrogen-bond acceptors (Lipinski definition) is 2. The summed E-state index contributed by atoms with van der Waals surface area (Å²) in [5.74, 6) is -0.123. The average Bonchev–Trinajstić information content (AvgIpc) is 1.86. The van der Waals surface area contributed by atoms with Crippen LogP contribution in [0.5, 0.6) is 0 Å². The van der Waals surface area contributed by atoms with E-state index < -0.39 is 8.69 Å². The smallest absolute Gasteiger partial charge is 0.348 e. The molecule has 0 aromatic heterocycles. The van der Waals surface area contributed by atoms with Crippen molar-refractivity contribution in [2.75, 3.05) is 0 Å². The Labute approximate surface area is 74.0 Å². The molecule has 0 aromatic carbocycles. The summed E-state index contributed by atoms with van der Waals surface area (Å²) in [6, 6.07) is 0. The summed E-state index contributed by atoms with van der Waals surface area (Å²) in [4.78, 5) is 17.6. The van der Waals surface area contributed by atoms with Gasteiger partial charge in [-0.3, -0.25) is 4.79 Å². The molecule has 0 bridgehead atoms. The van der Waals surface area contributed by atoms with Gasteiger partial charge in [0, 0.05) is 5.54 Å². The summed E-state index contributed by atoms with van der Waals surface area (Å²) < 4.78 is 8.51.